The normalized spacial score (nSPS) is 14.1. The van der Waals surface area contributed by atoms with E-state index in [1.54, 1.807) is 23.7 Å². The lowest BCUT2D eigenvalue weighted by atomic mass is 10.1. The van der Waals surface area contributed by atoms with Gasteiger partial charge in [-0.1, -0.05) is 0 Å². The molecule has 0 aliphatic rings. The van der Waals surface area contributed by atoms with Crippen molar-refractivity contribution in [3.8, 4) is 6.07 Å². The number of nitrogens with zero attached hydrogens (tertiary/aromatic N) is 2. The first-order valence-electron chi connectivity index (χ1n) is 4.92. The van der Waals surface area contributed by atoms with Gasteiger partial charge in [0.05, 0.1) is 18.5 Å². The molecule has 1 unspecified atom stereocenters. The van der Waals surface area contributed by atoms with E-state index >= 15 is 0 Å². The van der Waals surface area contributed by atoms with Crippen molar-refractivity contribution in [3.05, 3.63) is 0 Å². The smallest absolute Gasteiger partial charge is 0.239 e. The van der Waals surface area contributed by atoms with Gasteiger partial charge in [0.1, 0.15) is 0 Å². The summed E-state index contributed by atoms with van der Waals surface area (Å²) in [6.07, 6.45) is 3.01. The second-order valence-electron chi connectivity index (χ2n) is 3.55. The summed E-state index contributed by atoms with van der Waals surface area (Å²) in [7, 11) is 1.70. The Balaban J connectivity index is 4.13. The number of thioether (sulfide) groups is 1. The number of likely N-dealkylation sites (N-methyl/N-ethyl adjacent to an activating group) is 1. The van der Waals surface area contributed by atoms with Crippen molar-refractivity contribution < 1.29 is 4.79 Å². The molecule has 86 valence electrons. The molecular weight excluding hydrogens is 210 g/mol. The highest BCUT2D eigenvalue weighted by Crippen LogP contribution is 2.06. The Morgan fingerprint density at radius 1 is 1.67 bits per heavy atom. The fourth-order valence-electron chi connectivity index (χ4n) is 1.12. The first-order chi connectivity index (χ1) is 7.04. The van der Waals surface area contributed by atoms with Crippen LogP contribution in [0.1, 0.15) is 19.8 Å². The van der Waals surface area contributed by atoms with Gasteiger partial charge in [-0.2, -0.15) is 17.0 Å². The molecule has 5 heteroatoms. The van der Waals surface area contributed by atoms with Crippen LogP contribution in [0.4, 0.5) is 0 Å². The monoisotopic (exact) mass is 229 g/mol. The Hall–Kier alpha value is -0.730. The van der Waals surface area contributed by atoms with Gasteiger partial charge < -0.3 is 10.6 Å². The number of hydrogen-bond acceptors (Lipinski definition) is 4. The minimum Gasteiger partial charge on any atom is -0.341 e. The summed E-state index contributed by atoms with van der Waals surface area (Å²) < 4.78 is 0. The molecule has 0 aliphatic carbocycles. The molecule has 0 rings (SSSR count). The van der Waals surface area contributed by atoms with Gasteiger partial charge in [0, 0.05) is 13.1 Å². The van der Waals surface area contributed by atoms with Gasteiger partial charge in [-0.3, -0.25) is 4.79 Å². The molecule has 2 N–H and O–H groups in total. The number of carbonyl (C=O) groups excluding carboxylic acids is 1. The summed E-state index contributed by atoms with van der Waals surface area (Å²) in [4.78, 5) is 13.3. The molecule has 1 amide bonds. The van der Waals surface area contributed by atoms with E-state index in [1.807, 2.05) is 19.2 Å². The zero-order chi connectivity index (χ0) is 11.8. The molecule has 0 radical (unpaired) electrons. The Morgan fingerprint density at radius 3 is 2.73 bits per heavy atom. The second kappa shape index (κ2) is 7.55. The summed E-state index contributed by atoms with van der Waals surface area (Å²) in [5.41, 5.74) is 5.75. The quantitative estimate of drug-likeness (QED) is 0.732. The Labute approximate surface area is 95.8 Å². The lowest BCUT2D eigenvalue weighted by Crippen LogP contribution is -2.45. The molecule has 0 aromatic heterocycles. The fraction of sp³-hybridized carbons (Fsp3) is 0.800. The molecule has 2 atom stereocenters. The van der Waals surface area contributed by atoms with Crippen LogP contribution in [-0.2, 0) is 4.79 Å². The average molecular weight is 229 g/mol. The van der Waals surface area contributed by atoms with Crippen molar-refractivity contribution in [2.45, 2.75) is 31.8 Å². The van der Waals surface area contributed by atoms with Crippen LogP contribution in [0.2, 0.25) is 0 Å². The largest absolute Gasteiger partial charge is 0.341 e. The molecule has 15 heavy (non-hydrogen) atoms. The van der Waals surface area contributed by atoms with Gasteiger partial charge in [-0.05, 0) is 25.4 Å². The molecule has 0 saturated heterocycles. The third kappa shape index (κ3) is 5.05. The predicted octanol–water partition coefficient (Wildman–Crippen LogP) is 0.827. The Kier molecular flexibility index (Phi) is 7.18. The zero-order valence-corrected chi connectivity index (χ0v) is 10.4. The minimum atomic E-state index is -0.441. The molecule has 4 nitrogen and oxygen atoms in total. The molecule has 0 saturated carbocycles. The fourth-order valence-corrected chi connectivity index (χ4v) is 1.61. The Morgan fingerprint density at radius 2 is 2.27 bits per heavy atom. The van der Waals surface area contributed by atoms with E-state index in [2.05, 4.69) is 0 Å². The predicted molar refractivity (Wildman–Crippen MR) is 63.4 cm³/mol. The maximum Gasteiger partial charge on any atom is 0.239 e. The summed E-state index contributed by atoms with van der Waals surface area (Å²) >= 11 is 1.67. The van der Waals surface area contributed by atoms with Crippen LogP contribution in [0.5, 0.6) is 0 Å². The highest BCUT2D eigenvalue weighted by Gasteiger charge is 2.21. The van der Waals surface area contributed by atoms with Crippen molar-refractivity contribution in [3.63, 3.8) is 0 Å². The van der Waals surface area contributed by atoms with Gasteiger partial charge >= 0.3 is 0 Å². The van der Waals surface area contributed by atoms with Gasteiger partial charge in [0.2, 0.25) is 5.91 Å². The first-order valence-corrected chi connectivity index (χ1v) is 6.32. The van der Waals surface area contributed by atoms with Crippen molar-refractivity contribution in [2.24, 2.45) is 5.73 Å². The van der Waals surface area contributed by atoms with Crippen molar-refractivity contribution in [1.82, 2.24) is 4.90 Å². The molecule has 0 heterocycles. The van der Waals surface area contributed by atoms with E-state index in [1.165, 1.54) is 0 Å². The van der Waals surface area contributed by atoms with E-state index in [9.17, 15) is 4.79 Å². The van der Waals surface area contributed by atoms with Gasteiger partial charge in [-0.25, -0.2) is 0 Å². The number of rotatable bonds is 6. The van der Waals surface area contributed by atoms with Gasteiger partial charge in [0.25, 0.3) is 0 Å². The summed E-state index contributed by atoms with van der Waals surface area (Å²) in [5, 5.41) is 8.52. The number of hydrogen-bond donors (Lipinski definition) is 1. The SMILES string of the molecule is CSCC[C@H](N)C(=O)N(C)C(C)CC#N. The van der Waals surface area contributed by atoms with E-state index in [4.69, 9.17) is 11.0 Å². The summed E-state index contributed by atoms with van der Waals surface area (Å²) in [6.45, 7) is 1.85. The molecule has 0 bridgehead atoms. The number of nitrogens with two attached hydrogens (primary N) is 1. The van der Waals surface area contributed by atoms with Crippen LogP contribution in [-0.4, -0.2) is 41.9 Å². The van der Waals surface area contributed by atoms with Crippen molar-refractivity contribution in [2.75, 3.05) is 19.1 Å². The third-order valence-corrected chi connectivity index (χ3v) is 2.99. The summed E-state index contributed by atoms with van der Waals surface area (Å²) in [5.74, 6) is 0.805. The van der Waals surface area contributed by atoms with Crippen LogP contribution < -0.4 is 5.73 Å². The maximum absolute atomic E-state index is 11.7. The number of amides is 1. The average Bonchev–Trinajstić information content (AvgIpc) is 2.24. The van der Waals surface area contributed by atoms with E-state index in [0.29, 0.717) is 12.8 Å². The van der Waals surface area contributed by atoms with Gasteiger partial charge in [-0.15, -0.1) is 0 Å². The topological polar surface area (TPSA) is 70.1 Å². The highest BCUT2D eigenvalue weighted by atomic mass is 32.2. The van der Waals surface area contributed by atoms with E-state index < -0.39 is 6.04 Å². The maximum atomic E-state index is 11.7. The molecule has 0 spiro atoms. The zero-order valence-electron chi connectivity index (χ0n) is 9.56. The molecule has 0 aromatic rings. The van der Waals surface area contributed by atoms with Crippen molar-refractivity contribution >= 4 is 17.7 Å². The molecular formula is C10H19N3OS. The van der Waals surface area contributed by atoms with Crippen LogP contribution >= 0.6 is 11.8 Å². The van der Waals surface area contributed by atoms with Gasteiger partial charge in [0.15, 0.2) is 0 Å². The Bertz CT molecular complexity index is 239. The molecule has 0 aliphatic heterocycles. The number of nitriles is 1. The first kappa shape index (κ1) is 14.3. The van der Waals surface area contributed by atoms with Crippen LogP contribution in [0.25, 0.3) is 0 Å². The van der Waals surface area contributed by atoms with Crippen LogP contribution in [0, 0.1) is 11.3 Å². The summed E-state index contributed by atoms with van der Waals surface area (Å²) in [6, 6.07) is 1.54. The number of carbonyl (C=O) groups is 1. The van der Waals surface area contributed by atoms with E-state index in [-0.39, 0.29) is 11.9 Å². The second-order valence-corrected chi connectivity index (χ2v) is 4.53. The lowest BCUT2D eigenvalue weighted by Gasteiger charge is -2.25. The van der Waals surface area contributed by atoms with Crippen molar-refractivity contribution in [1.29, 1.82) is 5.26 Å². The molecule has 0 fully saturated rings. The minimum absolute atomic E-state index is 0.0668. The lowest BCUT2D eigenvalue weighted by molar-refractivity contribution is -0.133. The van der Waals surface area contributed by atoms with E-state index in [0.717, 1.165) is 5.75 Å². The standard InChI is InChI=1S/C10H19N3OS/c1-8(4-6-11)13(2)10(14)9(12)5-7-15-3/h8-9H,4-5,7,12H2,1-3H3/t8?,9-/m0/s1. The highest BCUT2D eigenvalue weighted by molar-refractivity contribution is 7.98. The van der Waals surface area contributed by atoms with Crippen LogP contribution in [0.3, 0.4) is 0 Å². The van der Waals surface area contributed by atoms with Crippen LogP contribution in [0.15, 0.2) is 0 Å². The molecule has 0 aromatic carbocycles. The third-order valence-electron chi connectivity index (χ3n) is 2.35.